The van der Waals surface area contributed by atoms with Crippen LogP contribution in [0.1, 0.15) is 0 Å². The molecule has 248 valence electrons. The molecule has 2 aromatic heterocycles. The molecule has 0 amide bonds. The topological polar surface area (TPSA) is 51.8 Å². The van der Waals surface area contributed by atoms with Gasteiger partial charge in [-0.2, -0.15) is 0 Å². The van der Waals surface area contributed by atoms with Gasteiger partial charge in [0.2, 0.25) is 0 Å². The summed E-state index contributed by atoms with van der Waals surface area (Å²) in [5.74, 6) is 1.75. The standard InChI is InChI=1S/C49H31N3O/c1-4-13-32(14-5-1)34-23-25-35(26-24-34)40-30-42-45-41-22-11-10-17-36(41)27-28-44(45)53-46(42)43(31-40)49-51-47(37-18-8-3-9-19-37)50-48(52-49)39-21-12-20-38(29-39)33-15-6-2-7-16-33/h1-31H. The van der Waals surface area contributed by atoms with Gasteiger partial charge in [0.05, 0.1) is 5.56 Å². The van der Waals surface area contributed by atoms with Crippen molar-refractivity contribution in [1.29, 1.82) is 0 Å². The van der Waals surface area contributed by atoms with Crippen LogP contribution in [0.25, 0.3) is 100 Å². The van der Waals surface area contributed by atoms with E-state index in [-0.39, 0.29) is 0 Å². The van der Waals surface area contributed by atoms with Crippen molar-refractivity contribution in [2.24, 2.45) is 0 Å². The lowest BCUT2D eigenvalue weighted by Crippen LogP contribution is -2.00. The zero-order valence-electron chi connectivity index (χ0n) is 28.6. The number of benzene rings is 8. The molecule has 10 rings (SSSR count). The lowest BCUT2D eigenvalue weighted by atomic mass is 9.95. The second-order valence-corrected chi connectivity index (χ2v) is 13.2. The number of fused-ring (bicyclic) bond motifs is 5. The first-order valence-electron chi connectivity index (χ1n) is 17.8. The zero-order valence-corrected chi connectivity index (χ0v) is 28.6. The highest BCUT2D eigenvalue weighted by atomic mass is 16.3. The van der Waals surface area contributed by atoms with Crippen molar-refractivity contribution in [1.82, 2.24) is 15.0 Å². The van der Waals surface area contributed by atoms with Crippen LogP contribution in [0.4, 0.5) is 0 Å². The van der Waals surface area contributed by atoms with E-state index in [9.17, 15) is 0 Å². The van der Waals surface area contributed by atoms with Crippen molar-refractivity contribution in [3.63, 3.8) is 0 Å². The van der Waals surface area contributed by atoms with Crippen LogP contribution in [0.15, 0.2) is 192 Å². The number of hydrogen-bond donors (Lipinski definition) is 0. The molecule has 0 bridgehead atoms. The summed E-state index contributed by atoms with van der Waals surface area (Å²) in [7, 11) is 0. The molecule has 0 aliphatic carbocycles. The number of rotatable bonds is 6. The van der Waals surface area contributed by atoms with Crippen molar-refractivity contribution in [3.8, 4) is 67.5 Å². The van der Waals surface area contributed by atoms with Crippen LogP contribution in [0.2, 0.25) is 0 Å². The molecule has 0 spiro atoms. The molecule has 0 N–H and O–H groups in total. The Kier molecular flexibility index (Phi) is 7.43. The van der Waals surface area contributed by atoms with E-state index >= 15 is 0 Å². The largest absolute Gasteiger partial charge is 0.455 e. The van der Waals surface area contributed by atoms with E-state index in [1.54, 1.807) is 0 Å². The third-order valence-corrected chi connectivity index (χ3v) is 9.92. The van der Waals surface area contributed by atoms with Crippen LogP contribution in [-0.4, -0.2) is 15.0 Å². The van der Waals surface area contributed by atoms with Gasteiger partial charge < -0.3 is 4.42 Å². The van der Waals surface area contributed by atoms with Crippen molar-refractivity contribution in [2.45, 2.75) is 0 Å². The van der Waals surface area contributed by atoms with Crippen LogP contribution in [0.5, 0.6) is 0 Å². The smallest absolute Gasteiger partial charge is 0.167 e. The average Bonchev–Trinajstić information content (AvgIpc) is 3.63. The first-order valence-corrected chi connectivity index (χ1v) is 17.8. The molecule has 0 saturated carbocycles. The average molecular weight is 678 g/mol. The second-order valence-electron chi connectivity index (χ2n) is 13.2. The SMILES string of the molecule is c1ccc(-c2ccc(-c3cc(-c4nc(-c5ccccc5)nc(-c5cccc(-c6ccccc6)c5)n4)c4oc5ccc6ccccc6c5c4c3)cc2)cc1. The van der Waals surface area contributed by atoms with Gasteiger partial charge in [0.15, 0.2) is 17.5 Å². The molecule has 0 aliphatic heterocycles. The van der Waals surface area contributed by atoms with Crippen LogP contribution < -0.4 is 0 Å². The van der Waals surface area contributed by atoms with E-state index in [1.165, 1.54) is 11.1 Å². The third kappa shape index (κ3) is 5.63. The highest BCUT2D eigenvalue weighted by Crippen LogP contribution is 2.42. The number of aromatic nitrogens is 3. The highest BCUT2D eigenvalue weighted by Gasteiger charge is 2.21. The summed E-state index contributed by atoms with van der Waals surface area (Å²) in [6, 6.07) is 65.2. The minimum Gasteiger partial charge on any atom is -0.455 e. The first kappa shape index (κ1) is 30.6. The summed E-state index contributed by atoms with van der Waals surface area (Å²) >= 11 is 0. The maximum absolute atomic E-state index is 6.78. The Morgan fingerprint density at radius 1 is 0.321 bits per heavy atom. The molecule has 0 atom stereocenters. The van der Waals surface area contributed by atoms with Gasteiger partial charge in [0.25, 0.3) is 0 Å². The molecule has 0 radical (unpaired) electrons. The Bertz CT molecular complexity index is 2920. The lowest BCUT2D eigenvalue weighted by Gasteiger charge is -2.12. The molecule has 53 heavy (non-hydrogen) atoms. The molecule has 0 aliphatic rings. The molecular weight excluding hydrogens is 647 g/mol. The normalized spacial score (nSPS) is 11.4. The molecule has 4 heteroatoms. The Labute approximate surface area is 306 Å². The molecule has 0 fully saturated rings. The molecule has 8 aromatic carbocycles. The van der Waals surface area contributed by atoms with E-state index in [1.807, 2.05) is 42.5 Å². The Morgan fingerprint density at radius 3 is 1.57 bits per heavy atom. The molecule has 10 aromatic rings. The summed E-state index contributed by atoms with van der Waals surface area (Å²) < 4.78 is 6.78. The summed E-state index contributed by atoms with van der Waals surface area (Å²) in [5, 5.41) is 4.40. The van der Waals surface area contributed by atoms with Gasteiger partial charge in [-0.15, -0.1) is 0 Å². The maximum atomic E-state index is 6.78. The van der Waals surface area contributed by atoms with E-state index in [0.29, 0.717) is 17.5 Å². The summed E-state index contributed by atoms with van der Waals surface area (Å²) in [4.78, 5) is 15.5. The van der Waals surface area contributed by atoms with Gasteiger partial charge in [-0.05, 0) is 68.4 Å². The van der Waals surface area contributed by atoms with Crippen LogP contribution >= 0.6 is 0 Å². The predicted octanol–water partition coefficient (Wildman–Crippen LogP) is 12.9. The maximum Gasteiger partial charge on any atom is 0.167 e. The van der Waals surface area contributed by atoms with E-state index < -0.39 is 0 Å². The molecular formula is C49H31N3O. The second kappa shape index (κ2) is 12.9. The summed E-state index contributed by atoms with van der Waals surface area (Å²) in [6.07, 6.45) is 0. The zero-order chi connectivity index (χ0) is 35.1. The Morgan fingerprint density at radius 2 is 0.849 bits per heavy atom. The summed E-state index contributed by atoms with van der Waals surface area (Å²) in [6.45, 7) is 0. The monoisotopic (exact) mass is 677 g/mol. The minimum absolute atomic E-state index is 0.551. The summed E-state index contributed by atoms with van der Waals surface area (Å²) in [5.41, 5.74) is 10.9. The van der Waals surface area contributed by atoms with Crippen molar-refractivity contribution in [3.05, 3.63) is 188 Å². The van der Waals surface area contributed by atoms with Gasteiger partial charge in [-0.25, -0.2) is 15.0 Å². The highest BCUT2D eigenvalue weighted by molar-refractivity contribution is 6.21. The van der Waals surface area contributed by atoms with Crippen LogP contribution in [0, 0.1) is 0 Å². The van der Waals surface area contributed by atoms with Gasteiger partial charge in [-0.1, -0.05) is 164 Å². The van der Waals surface area contributed by atoms with Gasteiger partial charge in [0, 0.05) is 21.9 Å². The van der Waals surface area contributed by atoms with Crippen molar-refractivity contribution < 1.29 is 4.42 Å². The number of hydrogen-bond acceptors (Lipinski definition) is 4. The van der Waals surface area contributed by atoms with Crippen molar-refractivity contribution in [2.75, 3.05) is 0 Å². The van der Waals surface area contributed by atoms with E-state index in [0.717, 1.165) is 71.7 Å². The van der Waals surface area contributed by atoms with E-state index in [4.69, 9.17) is 19.4 Å². The van der Waals surface area contributed by atoms with Crippen molar-refractivity contribution >= 4 is 32.7 Å². The van der Waals surface area contributed by atoms with Gasteiger partial charge >= 0.3 is 0 Å². The molecule has 4 nitrogen and oxygen atoms in total. The quantitative estimate of drug-likeness (QED) is 0.176. The molecule has 0 saturated heterocycles. The Balaban J connectivity index is 1.22. The fraction of sp³-hybridized carbons (Fsp3) is 0. The van der Waals surface area contributed by atoms with Crippen LogP contribution in [-0.2, 0) is 0 Å². The fourth-order valence-electron chi connectivity index (χ4n) is 7.28. The number of furan rings is 1. The fourth-order valence-corrected chi connectivity index (χ4v) is 7.28. The van der Waals surface area contributed by atoms with E-state index in [2.05, 4.69) is 146 Å². The predicted molar refractivity (Wildman–Crippen MR) is 217 cm³/mol. The van der Waals surface area contributed by atoms with Gasteiger partial charge in [0.1, 0.15) is 11.2 Å². The molecule has 2 heterocycles. The molecule has 0 unspecified atom stereocenters. The Hall–Kier alpha value is -7.17. The first-order chi connectivity index (χ1) is 26.2. The number of nitrogens with zero attached hydrogens (tertiary/aromatic N) is 3. The van der Waals surface area contributed by atoms with Gasteiger partial charge in [-0.3, -0.25) is 0 Å². The third-order valence-electron chi connectivity index (χ3n) is 9.92. The van der Waals surface area contributed by atoms with Crippen LogP contribution in [0.3, 0.4) is 0 Å². The minimum atomic E-state index is 0.551. The lowest BCUT2D eigenvalue weighted by molar-refractivity contribution is 0.670.